The largest absolute Gasteiger partial charge is 0.511 e. The topological polar surface area (TPSA) is 63.6 Å². The van der Waals surface area contributed by atoms with Crippen LogP contribution in [0.25, 0.3) is 0 Å². The SMILES string of the molecule is CCC(=O)C1=C(O)CC(C2CCOCC2)CC1=O. The number of Topliss-reactive ketones (excluding diaryl/α,β-unsaturated/α-hetero) is 2. The second-order valence-corrected chi connectivity index (χ2v) is 5.14. The van der Waals surface area contributed by atoms with Crippen molar-refractivity contribution >= 4 is 11.6 Å². The zero-order valence-electron chi connectivity index (χ0n) is 10.8. The first kappa shape index (κ1) is 13.3. The summed E-state index contributed by atoms with van der Waals surface area (Å²) in [5.41, 5.74) is 0.0563. The molecule has 1 fully saturated rings. The van der Waals surface area contributed by atoms with Crippen molar-refractivity contribution in [1.29, 1.82) is 0 Å². The van der Waals surface area contributed by atoms with Crippen LogP contribution in [-0.2, 0) is 14.3 Å². The average Bonchev–Trinajstić information content (AvgIpc) is 2.38. The van der Waals surface area contributed by atoms with Crippen LogP contribution in [0.2, 0.25) is 0 Å². The maximum absolute atomic E-state index is 12.0. The molecule has 2 rings (SSSR count). The number of hydrogen-bond donors (Lipinski definition) is 1. The van der Waals surface area contributed by atoms with Crippen molar-refractivity contribution in [2.45, 2.75) is 39.0 Å². The first-order chi connectivity index (χ1) is 8.63. The molecule has 1 heterocycles. The number of aliphatic hydroxyl groups excluding tert-OH is 1. The van der Waals surface area contributed by atoms with Crippen LogP contribution in [0.5, 0.6) is 0 Å². The van der Waals surface area contributed by atoms with E-state index in [1.54, 1.807) is 6.92 Å². The fourth-order valence-electron chi connectivity index (χ4n) is 2.94. The summed E-state index contributed by atoms with van der Waals surface area (Å²) in [6, 6.07) is 0. The molecule has 100 valence electrons. The van der Waals surface area contributed by atoms with Crippen LogP contribution in [0.3, 0.4) is 0 Å². The highest BCUT2D eigenvalue weighted by Crippen LogP contribution is 2.36. The van der Waals surface area contributed by atoms with Gasteiger partial charge in [-0.25, -0.2) is 0 Å². The van der Waals surface area contributed by atoms with E-state index in [1.807, 2.05) is 0 Å². The number of carbonyl (C=O) groups is 2. The molecule has 0 saturated carbocycles. The Labute approximate surface area is 107 Å². The van der Waals surface area contributed by atoms with Gasteiger partial charge in [0.15, 0.2) is 11.6 Å². The molecule has 0 aromatic carbocycles. The smallest absolute Gasteiger partial charge is 0.170 e. The van der Waals surface area contributed by atoms with E-state index >= 15 is 0 Å². The van der Waals surface area contributed by atoms with E-state index in [2.05, 4.69) is 0 Å². The fraction of sp³-hybridized carbons (Fsp3) is 0.714. The monoisotopic (exact) mass is 252 g/mol. The fourth-order valence-corrected chi connectivity index (χ4v) is 2.94. The molecule has 1 unspecified atom stereocenters. The van der Waals surface area contributed by atoms with Gasteiger partial charge >= 0.3 is 0 Å². The number of rotatable bonds is 3. The highest BCUT2D eigenvalue weighted by Gasteiger charge is 2.35. The highest BCUT2D eigenvalue weighted by molar-refractivity contribution is 6.20. The number of hydrogen-bond acceptors (Lipinski definition) is 4. The number of ketones is 2. The van der Waals surface area contributed by atoms with Crippen LogP contribution in [0, 0.1) is 11.8 Å². The van der Waals surface area contributed by atoms with Crippen LogP contribution in [0.4, 0.5) is 0 Å². The van der Waals surface area contributed by atoms with Gasteiger partial charge in [-0.2, -0.15) is 0 Å². The lowest BCUT2D eigenvalue weighted by Gasteiger charge is -2.32. The Morgan fingerprint density at radius 3 is 2.50 bits per heavy atom. The lowest BCUT2D eigenvalue weighted by Crippen LogP contribution is -2.31. The lowest BCUT2D eigenvalue weighted by molar-refractivity contribution is -0.123. The van der Waals surface area contributed by atoms with Crippen molar-refractivity contribution in [3.8, 4) is 0 Å². The van der Waals surface area contributed by atoms with Crippen molar-refractivity contribution in [3.05, 3.63) is 11.3 Å². The first-order valence-electron chi connectivity index (χ1n) is 6.69. The molecule has 0 spiro atoms. The summed E-state index contributed by atoms with van der Waals surface area (Å²) in [7, 11) is 0. The van der Waals surface area contributed by atoms with Gasteiger partial charge in [0.25, 0.3) is 0 Å². The van der Waals surface area contributed by atoms with Crippen LogP contribution in [0.1, 0.15) is 39.0 Å². The Balaban J connectivity index is 2.11. The van der Waals surface area contributed by atoms with Gasteiger partial charge in [-0.1, -0.05) is 6.92 Å². The predicted molar refractivity (Wildman–Crippen MR) is 66.2 cm³/mol. The van der Waals surface area contributed by atoms with Gasteiger partial charge < -0.3 is 9.84 Å². The minimum absolute atomic E-state index is 0.00888. The molecule has 0 aromatic heterocycles. The maximum Gasteiger partial charge on any atom is 0.170 e. The Bertz CT molecular complexity index is 377. The molecule has 4 heteroatoms. The quantitative estimate of drug-likeness (QED) is 0.782. The molecule has 0 aromatic rings. The molecular weight excluding hydrogens is 232 g/mol. The molecule has 1 atom stereocenters. The van der Waals surface area contributed by atoms with E-state index in [9.17, 15) is 14.7 Å². The number of allylic oxidation sites excluding steroid dienone is 2. The summed E-state index contributed by atoms with van der Waals surface area (Å²) in [6.45, 7) is 3.18. The third kappa shape index (κ3) is 2.64. The molecule has 0 radical (unpaired) electrons. The molecule has 4 nitrogen and oxygen atoms in total. The van der Waals surface area contributed by atoms with E-state index in [0.29, 0.717) is 18.8 Å². The van der Waals surface area contributed by atoms with E-state index < -0.39 is 0 Å². The molecule has 18 heavy (non-hydrogen) atoms. The minimum Gasteiger partial charge on any atom is -0.511 e. The molecule has 0 bridgehead atoms. The average molecular weight is 252 g/mol. The molecule has 1 aliphatic heterocycles. The van der Waals surface area contributed by atoms with Gasteiger partial charge in [0.2, 0.25) is 0 Å². The summed E-state index contributed by atoms with van der Waals surface area (Å²) < 4.78 is 5.31. The molecular formula is C14H20O4. The summed E-state index contributed by atoms with van der Waals surface area (Å²) in [6.07, 6.45) is 3.03. The van der Waals surface area contributed by atoms with Gasteiger partial charge in [-0.05, 0) is 24.7 Å². The number of aliphatic hydroxyl groups is 1. The highest BCUT2D eigenvalue weighted by atomic mass is 16.5. The van der Waals surface area contributed by atoms with Gasteiger partial charge in [-0.15, -0.1) is 0 Å². The van der Waals surface area contributed by atoms with Crippen molar-refractivity contribution in [2.75, 3.05) is 13.2 Å². The Morgan fingerprint density at radius 2 is 1.94 bits per heavy atom. The molecule has 1 saturated heterocycles. The zero-order valence-corrected chi connectivity index (χ0v) is 10.8. The van der Waals surface area contributed by atoms with Crippen molar-refractivity contribution in [1.82, 2.24) is 0 Å². The summed E-state index contributed by atoms with van der Waals surface area (Å²) in [5.74, 6) is 0.206. The standard InChI is InChI=1S/C14H20O4/c1-2-11(15)14-12(16)7-10(8-13(14)17)9-3-5-18-6-4-9/h9-10,16H,2-8H2,1H3. The molecule has 0 amide bonds. The lowest BCUT2D eigenvalue weighted by atomic mass is 9.75. The van der Waals surface area contributed by atoms with Crippen LogP contribution in [-0.4, -0.2) is 29.9 Å². The Morgan fingerprint density at radius 1 is 1.28 bits per heavy atom. The van der Waals surface area contributed by atoms with Crippen LogP contribution < -0.4 is 0 Å². The van der Waals surface area contributed by atoms with Gasteiger partial charge in [0.05, 0.1) is 5.57 Å². The van der Waals surface area contributed by atoms with Gasteiger partial charge in [0, 0.05) is 32.5 Å². The van der Waals surface area contributed by atoms with E-state index in [-0.39, 0.29) is 35.2 Å². The normalized spacial score (nSPS) is 26.5. The van der Waals surface area contributed by atoms with E-state index in [0.717, 1.165) is 26.1 Å². The van der Waals surface area contributed by atoms with Crippen LogP contribution in [0.15, 0.2) is 11.3 Å². The second kappa shape index (κ2) is 5.65. The number of carbonyl (C=O) groups excluding carboxylic acids is 2. The predicted octanol–water partition coefficient (Wildman–Crippen LogP) is 2.18. The maximum atomic E-state index is 12.0. The molecule has 2 aliphatic rings. The summed E-state index contributed by atoms with van der Waals surface area (Å²) in [5, 5.41) is 9.95. The number of ether oxygens (including phenoxy) is 1. The Hall–Kier alpha value is -1.16. The van der Waals surface area contributed by atoms with E-state index in [4.69, 9.17) is 4.74 Å². The summed E-state index contributed by atoms with van der Waals surface area (Å²) >= 11 is 0. The zero-order chi connectivity index (χ0) is 13.1. The Kier molecular flexibility index (Phi) is 4.17. The van der Waals surface area contributed by atoms with Gasteiger partial charge in [0.1, 0.15) is 5.76 Å². The summed E-state index contributed by atoms with van der Waals surface area (Å²) in [4.78, 5) is 23.6. The van der Waals surface area contributed by atoms with Gasteiger partial charge in [-0.3, -0.25) is 9.59 Å². The second-order valence-electron chi connectivity index (χ2n) is 5.14. The third-order valence-electron chi connectivity index (χ3n) is 4.00. The molecule has 1 N–H and O–H groups in total. The minimum atomic E-state index is -0.233. The van der Waals surface area contributed by atoms with E-state index in [1.165, 1.54) is 0 Å². The van der Waals surface area contributed by atoms with Crippen molar-refractivity contribution in [3.63, 3.8) is 0 Å². The van der Waals surface area contributed by atoms with Crippen molar-refractivity contribution in [2.24, 2.45) is 11.8 Å². The third-order valence-corrected chi connectivity index (χ3v) is 4.00. The first-order valence-corrected chi connectivity index (χ1v) is 6.69. The van der Waals surface area contributed by atoms with Crippen LogP contribution >= 0.6 is 0 Å². The van der Waals surface area contributed by atoms with Crippen molar-refractivity contribution < 1.29 is 19.4 Å². The molecule has 1 aliphatic carbocycles.